The van der Waals surface area contributed by atoms with Gasteiger partial charge in [-0.15, -0.1) is 0 Å². The maximum absolute atomic E-state index is 5.91. The predicted octanol–water partition coefficient (Wildman–Crippen LogP) is 2.76. The fourth-order valence-electron chi connectivity index (χ4n) is 1.46. The third-order valence-electron chi connectivity index (χ3n) is 2.30. The van der Waals surface area contributed by atoms with Gasteiger partial charge in [-0.05, 0) is 19.2 Å². The first-order valence-corrected chi connectivity index (χ1v) is 5.53. The van der Waals surface area contributed by atoms with Gasteiger partial charge in [0.05, 0.1) is 5.69 Å². The van der Waals surface area contributed by atoms with E-state index in [0.29, 0.717) is 5.02 Å². The van der Waals surface area contributed by atoms with Crippen LogP contribution in [-0.2, 0) is 6.42 Å². The van der Waals surface area contributed by atoms with E-state index in [1.807, 2.05) is 37.4 Å². The first kappa shape index (κ1) is 11.2. The summed E-state index contributed by atoms with van der Waals surface area (Å²) in [7, 11) is 1.91. The molecule has 0 fully saturated rings. The zero-order valence-corrected chi connectivity index (χ0v) is 9.79. The minimum Gasteiger partial charge on any atom is -0.356 e. The van der Waals surface area contributed by atoms with E-state index in [1.165, 1.54) is 0 Å². The highest BCUT2D eigenvalue weighted by atomic mass is 35.5. The number of nitrogens with zero attached hydrogens (tertiary/aromatic N) is 1. The molecule has 1 heterocycles. The lowest BCUT2D eigenvalue weighted by atomic mass is 10.1. The molecular weight excluding hydrogens is 224 g/mol. The van der Waals surface area contributed by atoms with Crippen LogP contribution in [0.5, 0.6) is 0 Å². The molecule has 0 aliphatic heterocycles. The summed E-state index contributed by atoms with van der Waals surface area (Å²) in [5.41, 5.74) is 1.90. The second-order valence-electron chi connectivity index (χ2n) is 3.55. The molecule has 0 aliphatic carbocycles. The van der Waals surface area contributed by atoms with Gasteiger partial charge in [0.2, 0.25) is 0 Å². The Hall–Kier alpha value is -1.32. The van der Waals surface area contributed by atoms with Crippen molar-refractivity contribution in [1.82, 2.24) is 10.5 Å². The summed E-state index contributed by atoms with van der Waals surface area (Å²) < 4.78 is 5.27. The van der Waals surface area contributed by atoms with E-state index >= 15 is 0 Å². The first-order chi connectivity index (χ1) is 7.79. The van der Waals surface area contributed by atoms with Gasteiger partial charge in [-0.2, -0.15) is 0 Å². The lowest BCUT2D eigenvalue weighted by Gasteiger charge is -1.94. The molecule has 0 amide bonds. The number of halogens is 1. The van der Waals surface area contributed by atoms with Crippen molar-refractivity contribution in [2.24, 2.45) is 0 Å². The number of aromatic nitrogens is 1. The zero-order valence-electron chi connectivity index (χ0n) is 9.03. The number of hydrogen-bond donors (Lipinski definition) is 1. The van der Waals surface area contributed by atoms with Crippen LogP contribution in [0.3, 0.4) is 0 Å². The van der Waals surface area contributed by atoms with Crippen LogP contribution in [-0.4, -0.2) is 18.7 Å². The molecule has 2 rings (SSSR count). The van der Waals surface area contributed by atoms with Gasteiger partial charge in [-0.3, -0.25) is 0 Å². The van der Waals surface area contributed by atoms with Gasteiger partial charge in [0.15, 0.2) is 5.76 Å². The van der Waals surface area contributed by atoms with Gasteiger partial charge in [0, 0.05) is 29.6 Å². The number of rotatable bonds is 4. The smallest absolute Gasteiger partial charge is 0.167 e. The van der Waals surface area contributed by atoms with Crippen LogP contribution in [0.4, 0.5) is 0 Å². The molecular formula is C12H13ClN2O. The first-order valence-electron chi connectivity index (χ1n) is 5.16. The molecule has 16 heavy (non-hydrogen) atoms. The van der Waals surface area contributed by atoms with Gasteiger partial charge < -0.3 is 9.84 Å². The van der Waals surface area contributed by atoms with E-state index in [4.69, 9.17) is 16.1 Å². The van der Waals surface area contributed by atoms with Gasteiger partial charge in [-0.1, -0.05) is 28.9 Å². The summed E-state index contributed by atoms with van der Waals surface area (Å²) in [5.74, 6) is 0.758. The van der Waals surface area contributed by atoms with Crippen molar-refractivity contribution in [2.45, 2.75) is 6.42 Å². The molecule has 4 heteroatoms. The normalized spacial score (nSPS) is 10.6. The number of likely N-dealkylation sites (N-methyl/N-ethyl adjacent to an activating group) is 1. The van der Waals surface area contributed by atoms with Gasteiger partial charge in [0.25, 0.3) is 0 Å². The Morgan fingerprint density at radius 2 is 2.25 bits per heavy atom. The molecule has 0 atom stereocenters. The Morgan fingerprint density at radius 1 is 1.38 bits per heavy atom. The monoisotopic (exact) mass is 236 g/mol. The Balaban J connectivity index is 2.18. The molecule has 2 aromatic rings. The quantitative estimate of drug-likeness (QED) is 0.887. The lowest BCUT2D eigenvalue weighted by molar-refractivity contribution is 0.423. The molecule has 0 saturated carbocycles. The van der Waals surface area contributed by atoms with Crippen molar-refractivity contribution in [2.75, 3.05) is 13.6 Å². The maximum Gasteiger partial charge on any atom is 0.167 e. The maximum atomic E-state index is 5.91. The van der Waals surface area contributed by atoms with Crippen LogP contribution in [0, 0.1) is 0 Å². The summed E-state index contributed by atoms with van der Waals surface area (Å²) in [5, 5.41) is 7.77. The van der Waals surface area contributed by atoms with E-state index in [-0.39, 0.29) is 0 Å². The fourth-order valence-corrected chi connectivity index (χ4v) is 1.65. The van der Waals surface area contributed by atoms with Gasteiger partial charge in [0.1, 0.15) is 0 Å². The highest BCUT2D eigenvalue weighted by Gasteiger charge is 2.06. The van der Waals surface area contributed by atoms with E-state index in [9.17, 15) is 0 Å². The minimum absolute atomic E-state index is 0.700. The predicted molar refractivity (Wildman–Crippen MR) is 64.6 cm³/mol. The van der Waals surface area contributed by atoms with Crippen LogP contribution >= 0.6 is 11.6 Å². The molecule has 0 radical (unpaired) electrons. The minimum atomic E-state index is 0.700. The molecule has 1 aromatic heterocycles. The Bertz CT molecular complexity index is 468. The third-order valence-corrected chi connectivity index (χ3v) is 2.53. The molecule has 0 saturated heterocycles. The Morgan fingerprint density at radius 3 is 3.00 bits per heavy atom. The molecule has 84 valence electrons. The van der Waals surface area contributed by atoms with Crippen molar-refractivity contribution < 1.29 is 4.52 Å². The molecule has 1 aromatic carbocycles. The summed E-state index contributed by atoms with van der Waals surface area (Å²) in [6.45, 7) is 0.890. The molecule has 0 spiro atoms. The molecule has 3 nitrogen and oxygen atoms in total. The summed E-state index contributed by atoms with van der Waals surface area (Å²) in [6, 6.07) is 9.50. The summed E-state index contributed by atoms with van der Waals surface area (Å²) in [6.07, 6.45) is 0.862. The standard InChI is InChI=1S/C12H13ClN2O/c1-14-6-5-11-8-12(16-15-11)9-3-2-4-10(13)7-9/h2-4,7-8,14H,5-6H2,1H3. The molecule has 0 aliphatic rings. The van der Waals surface area contributed by atoms with Crippen molar-refractivity contribution in [3.63, 3.8) is 0 Å². The third kappa shape index (κ3) is 2.62. The van der Waals surface area contributed by atoms with Crippen LogP contribution in [0.2, 0.25) is 5.02 Å². The second-order valence-corrected chi connectivity index (χ2v) is 3.98. The van der Waals surface area contributed by atoms with E-state index < -0.39 is 0 Å². The van der Waals surface area contributed by atoms with Gasteiger partial charge >= 0.3 is 0 Å². The van der Waals surface area contributed by atoms with Crippen molar-refractivity contribution >= 4 is 11.6 Å². The van der Waals surface area contributed by atoms with E-state index in [1.54, 1.807) is 0 Å². The summed E-state index contributed by atoms with van der Waals surface area (Å²) in [4.78, 5) is 0. The largest absolute Gasteiger partial charge is 0.356 e. The number of hydrogen-bond acceptors (Lipinski definition) is 3. The van der Waals surface area contributed by atoms with Crippen LogP contribution < -0.4 is 5.32 Å². The van der Waals surface area contributed by atoms with Crippen molar-refractivity contribution in [3.05, 3.63) is 41.0 Å². The SMILES string of the molecule is CNCCc1cc(-c2cccc(Cl)c2)on1. The van der Waals surface area contributed by atoms with E-state index in [0.717, 1.165) is 30.0 Å². The molecule has 0 bridgehead atoms. The average molecular weight is 237 g/mol. The van der Waals surface area contributed by atoms with Crippen LogP contribution in [0.25, 0.3) is 11.3 Å². The van der Waals surface area contributed by atoms with Crippen LogP contribution in [0.15, 0.2) is 34.9 Å². The molecule has 0 unspecified atom stereocenters. The molecule has 1 N–H and O–H groups in total. The van der Waals surface area contributed by atoms with E-state index in [2.05, 4.69) is 10.5 Å². The number of nitrogens with one attached hydrogen (secondary N) is 1. The van der Waals surface area contributed by atoms with Crippen molar-refractivity contribution in [3.8, 4) is 11.3 Å². The fraction of sp³-hybridized carbons (Fsp3) is 0.250. The Labute approximate surface area is 99.4 Å². The topological polar surface area (TPSA) is 38.1 Å². The summed E-state index contributed by atoms with van der Waals surface area (Å²) >= 11 is 5.91. The highest BCUT2D eigenvalue weighted by Crippen LogP contribution is 2.23. The Kier molecular flexibility index (Phi) is 3.59. The van der Waals surface area contributed by atoms with Crippen molar-refractivity contribution in [1.29, 1.82) is 0 Å². The van der Waals surface area contributed by atoms with Crippen LogP contribution in [0.1, 0.15) is 5.69 Å². The number of benzene rings is 1. The van der Waals surface area contributed by atoms with Gasteiger partial charge in [-0.25, -0.2) is 0 Å². The highest BCUT2D eigenvalue weighted by molar-refractivity contribution is 6.30. The lowest BCUT2D eigenvalue weighted by Crippen LogP contribution is -2.10. The average Bonchev–Trinajstić information content (AvgIpc) is 2.75. The zero-order chi connectivity index (χ0) is 11.4. The second kappa shape index (κ2) is 5.14.